The van der Waals surface area contributed by atoms with Gasteiger partial charge in [0.1, 0.15) is 0 Å². The first kappa shape index (κ1) is 11.4. The molecule has 17 heavy (non-hydrogen) atoms. The van der Waals surface area contributed by atoms with E-state index >= 15 is 0 Å². The number of nitrogens with one attached hydrogen (secondary N) is 1. The molecular formula is C11H12N2O4. The highest BCUT2D eigenvalue weighted by atomic mass is 16.4. The van der Waals surface area contributed by atoms with Crippen LogP contribution in [0.1, 0.15) is 6.42 Å². The number of oxazole rings is 1. The van der Waals surface area contributed by atoms with Gasteiger partial charge in [0, 0.05) is 12.7 Å². The number of fused-ring (bicyclic) bond motifs is 1. The lowest BCUT2D eigenvalue weighted by molar-refractivity contribution is -0.116. The fraction of sp³-hybridized carbons (Fsp3) is 0.273. The topological polar surface area (TPSA) is 84.5 Å². The molecule has 1 heterocycles. The first-order chi connectivity index (χ1) is 8.11. The van der Waals surface area contributed by atoms with Crippen LogP contribution in [0.4, 0.5) is 5.69 Å². The van der Waals surface area contributed by atoms with Crippen molar-refractivity contribution < 1.29 is 14.3 Å². The van der Waals surface area contributed by atoms with Crippen molar-refractivity contribution in [2.24, 2.45) is 7.05 Å². The predicted molar refractivity (Wildman–Crippen MR) is 61.8 cm³/mol. The average Bonchev–Trinajstić information content (AvgIpc) is 2.56. The molecule has 1 aromatic carbocycles. The Bertz CT molecular complexity index is 611. The molecule has 2 N–H and O–H groups in total. The Morgan fingerprint density at radius 2 is 2.29 bits per heavy atom. The molecule has 90 valence electrons. The fourth-order valence-electron chi connectivity index (χ4n) is 1.53. The third kappa shape index (κ3) is 2.21. The van der Waals surface area contributed by atoms with Gasteiger partial charge in [-0.1, -0.05) is 0 Å². The number of amides is 1. The van der Waals surface area contributed by atoms with Gasteiger partial charge in [0.2, 0.25) is 5.91 Å². The number of anilines is 1. The Hall–Kier alpha value is -2.08. The maximum Gasteiger partial charge on any atom is 0.419 e. The maximum absolute atomic E-state index is 11.3. The number of aliphatic hydroxyl groups is 1. The fourth-order valence-corrected chi connectivity index (χ4v) is 1.53. The van der Waals surface area contributed by atoms with E-state index in [9.17, 15) is 9.59 Å². The van der Waals surface area contributed by atoms with E-state index in [0.717, 1.165) is 0 Å². The molecule has 0 bridgehead atoms. The van der Waals surface area contributed by atoms with Crippen LogP contribution in [-0.4, -0.2) is 22.2 Å². The van der Waals surface area contributed by atoms with Crippen LogP contribution in [0.15, 0.2) is 27.4 Å². The molecule has 2 rings (SSSR count). The molecule has 0 fully saturated rings. The standard InChI is InChI=1S/C11H12N2O4/c1-13-8-6-7(12-10(15)4-5-14)2-3-9(8)17-11(13)16/h2-3,6,14H,4-5H2,1H3,(H,12,15). The number of aryl methyl sites for hydroxylation is 1. The molecule has 2 aromatic rings. The predicted octanol–water partition coefficient (Wildman–Crippen LogP) is 0.452. The summed E-state index contributed by atoms with van der Waals surface area (Å²) in [5.74, 6) is -0.723. The third-order valence-electron chi connectivity index (χ3n) is 2.41. The summed E-state index contributed by atoms with van der Waals surface area (Å²) in [4.78, 5) is 22.5. The largest absolute Gasteiger partial charge is 0.419 e. The van der Waals surface area contributed by atoms with Crippen molar-refractivity contribution in [3.8, 4) is 0 Å². The Labute approximate surface area is 96.5 Å². The Kier molecular flexibility index (Phi) is 2.97. The van der Waals surface area contributed by atoms with Gasteiger partial charge in [-0.25, -0.2) is 4.79 Å². The smallest absolute Gasteiger partial charge is 0.408 e. The van der Waals surface area contributed by atoms with Gasteiger partial charge in [-0.2, -0.15) is 0 Å². The van der Waals surface area contributed by atoms with Crippen LogP contribution >= 0.6 is 0 Å². The molecule has 0 saturated heterocycles. The lowest BCUT2D eigenvalue weighted by Gasteiger charge is -2.03. The van der Waals surface area contributed by atoms with Crippen molar-refractivity contribution in [1.82, 2.24) is 4.57 Å². The van der Waals surface area contributed by atoms with E-state index in [1.807, 2.05) is 0 Å². The summed E-state index contributed by atoms with van der Waals surface area (Å²) in [6, 6.07) is 4.90. The number of aromatic nitrogens is 1. The second-order valence-electron chi connectivity index (χ2n) is 3.63. The summed E-state index contributed by atoms with van der Waals surface area (Å²) in [6.07, 6.45) is 0.0440. The Morgan fingerprint density at radius 1 is 1.53 bits per heavy atom. The first-order valence-electron chi connectivity index (χ1n) is 5.12. The van der Waals surface area contributed by atoms with E-state index < -0.39 is 5.76 Å². The molecular weight excluding hydrogens is 224 g/mol. The third-order valence-corrected chi connectivity index (χ3v) is 2.41. The molecule has 0 atom stereocenters. The zero-order valence-corrected chi connectivity index (χ0v) is 9.27. The number of hydrogen-bond donors (Lipinski definition) is 2. The number of rotatable bonds is 3. The van der Waals surface area contributed by atoms with Gasteiger partial charge in [-0.3, -0.25) is 9.36 Å². The maximum atomic E-state index is 11.3. The van der Waals surface area contributed by atoms with Crippen LogP contribution in [0.25, 0.3) is 11.1 Å². The molecule has 0 saturated carbocycles. The SMILES string of the molecule is Cn1c(=O)oc2ccc(NC(=O)CCO)cc21. The molecule has 0 spiro atoms. The minimum Gasteiger partial charge on any atom is -0.408 e. The van der Waals surface area contributed by atoms with Gasteiger partial charge in [-0.15, -0.1) is 0 Å². The monoisotopic (exact) mass is 236 g/mol. The minimum absolute atomic E-state index is 0.0440. The van der Waals surface area contributed by atoms with Crippen LogP contribution in [-0.2, 0) is 11.8 Å². The van der Waals surface area contributed by atoms with Gasteiger partial charge in [0.05, 0.1) is 18.5 Å². The Balaban J connectivity index is 2.34. The highest BCUT2D eigenvalue weighted by Crippen LogP contribution is 2.17. The van der Waals surface area contributed by atoms with Crippen molar-refractivity contribution in [3.63, 3.8) is 0 Å². The summed E-state index contributed by atoms with van der Waals surface area (Å²) in [5, 5.41) is 11.2. The number of hydrogen-bond acceptors (Lipinski definition) is 4. The van der Waals surface area contributed by atoms with Crippen molar-refractivity contribution in [3.05, 3.63) is 28.7 Å². The first-order valence-corrected chi connectivity index (χ1v) is 5.12. The van der Waals surface area contributed by atoms with Crippen LogP contribution in [0.5, 0.6) is 0 Å². The van der Waals surface area contributed by atoms with Gasteiger partial charge in [-0.05, 0) is 18.2 Å². The molecule has 0 aliphatic carbocycles. The lowest BCUT2D eigenvalue weighted by Crippen LogP contribution is -2.13. The molecule has 1 aromatic heterocycles. The van der Waals surface area contributed by atoms with E-state index in [4.69, 9.17) is 9.52 Å². The Morgan fingerprint density at radius 3 is 3.00 bits per heavy atom. The van der Waals surface area contributed by atoms with E-state index in [0.29, 0.717) is 16.8 Å². The molecule has 1 amide bonds. The van der Waals surface area contributed by atoms with Crippen LogP contribution < -0.4 is 11.1 Å². The highest BCUT2D eigenvalue weighted by molar-refractivity contribution is 5.92. The van der Waals surface area contributed by atoms with Crippen LogP contribution in [0.3, 0.4) is 0 Å². The highest BCUT2D eigenvalue weighted by Gasteiger charge is 2.07. The van der Waals surface area contributed by atoms with Crippen LogP contribution in [0.2, 0.25) is 0 Å². The van der Waals surface area contributed by atoms with Crippen molar-refractivity contribution >= 4 is 22.7 Å². The van der Waals surface area contributed by atoms with Gasteiger partial charge >= 0.3 is 5.76 Å². The van der Waals surface area contributed by atoms with Crippen molar-refractivity contribution in [1.29, 1.82) is 0 Å². The molecule has 0 aliphatic rings. The second kappa shape index (κ2) is 4.42. The minimum atomic E-state index is -0.446. The van der Waals surface area contributed by atoms with E-state index in [2.05, 4.69) is 5.32 Å². The van der Waals surface area contributed by atoms with Crippen LogP contribution in [0, 0.1) is 0 Å². The quantitative estimate of drug-likeness (QED) is 0.810. The zero-order valence-electron chi connectivity index (χ0n) is 9.27. The molecule has 0 radical (unpaired) electrons. The molecule has 0 unspecified atom stereocenters. The zero-order chi connectivity index (χ0) is 12.4. The normalized spacial score (nSPS) is 10.7. The number of aliphatic hydroxyl groups excluding tert-OH is 1. The summed E-state index contributed by atoms with van der Waals surface area (Å²) >= 11 is 0. The summed E-state index contributed by atoms with van der Waals surface area (Å²) in [7, 11) is 1.59. The van der Waals surface area contributed by atoms with Crippen molar-refractivity contribution in [2.45, 2.75) is 6.42 Å². The lowest BCUT2D eigenvalue weighted by atomic mass is 10.2. The van der Waals surface area contributed by atoms with E-state index in [1.165, 1.54) is 4.57 Å². The molecule has 6 heteroatoms. The van der Waals surface area contributed by atoms with E-state index in [-0.39, 0.29) is 18.9 Å². The summed E-state index contributed by atoms with van der Waals surface area (Å²) in [5.41, 5.74) is 1.64. The number of benzene rings is 1. The second-order valence-corrected chi connectivity index (χ2v) is 3.63. The van der Waals surface area contributed by atoms with Crippen molar-refractivity contribution in [2.75, 3.05) is 11.9 Å². The summed E-state index contributed by atoms with van der Waals surface area (Å²) in [6.45, 7) is -0.196. The number of carbonyl (C=O) groups is 1. The summed E-state index contributed by atoms with van der Waals surface area (Å²) < 4.78 is 6.32. The van der Waals surface area contributed by atoms with Gasteiger partial charge < -0.3 is 14.8 Å². The number of nitrogens with zero attached hydrogens (tertiary/aromatic N) is 1. The molecule has 0 aliphatic heterocycles. The van der Waals surface area contributed by atoms with E-state index in [1.54, 1.807) is 25.2 Å². The van der Waals surface area contributed by atoms with Gasteiger partial charge in [0.25, 0.3) is 0 Å². The molecule has 6 nitrogen and oxygen atoms in total. The van der Waals surface area contributed by atoms with Gasteiger partial charge in [0.15, 0.2) is 5.58 Å². The average molecular weight is 236 g/mol. The number of carbonyl (C=O) groups excluding carboxylic acids is 1.